The lowest BCUT2D eigenvalue weighted by molar-refractivity contribution is 0.0602. The molecule has 0 bridgehead atoms. The van der Waals surface area contributed by atoms with Crippen molar-refractivity contribution in [3.05, 3.63) is 23.8 Å². The number of nitrogens with one attached hydrogen (secondary N) is 1. The van der Waals surface area contributed by atoms with E-state index in [0.717, 1.165) is 24.4 Å². The van der Waals surface area contributed by atoms with Gasteiger partial charge in [-0.2, -0.15) is 0 Å². The van der Waals surface area contributed by atoms with E-state index in [1.165, 1.54) is 0 Å². The van der Waals surface area contributed by atoms with Crippen LogP contribution in [0.5, 0.6) is 0 Å². The minimum absolute atomic E-state index is 0.130. The molecule has 1 unspecified atom stereocenters. The van der Waals surface area contributed by atoms with E-state index < -0.39 is 0 Å². The van der Waals surface area contributed by atoms with Crippen LogP contribution in [0.4, 0.5) is 0 Å². The van der Waals surface area contributed by atoms with Crippen molar-refractivity contribution < 1.29 is 4.74 Å². The summed E-state index contributed by atoms with van der Waals surface area (Å²) < 4.78 is 5.66. The van der Waals surface area contributed by atoms with Crippen LogP contribution in [0.15, 0.2) is 12.4 Å². The molecule has 0 aliphatic carbocycles. The van der Waals surface area contributed by atoms with E-state index in [2.05, 4.69) is 22.2 Å². The predicted molar refractivity (Wildman–Crippen MR) is 68.9 cm³/mol. The van der Waals surface area contributed by atoms with Gasteiger partial charge in [0.05, 0.1) is 36.3 Å². The van der Waals surface area contributed by atoms with Gasteiger partial charge in [0.15, 0.2) is 0 Å². The van der Waals surface area contributed by atoms with E-state index in [-0.39, 0.29) is 12.1 Å². The Hall–Kier alpha value is -1.00. The Morgan fingerprint density at radius 3 is 2.59 bits per heavy atom. The molecule has 1 aromatic rings. The fourth-order valence-electron chi connectivity index (χ4n) is 1.44. The average Bonchev–Trinajstić information content (AvgIpc) is 2.30. The number of hydrogen-bond donors (Lipinski definition) is 1. The molecular weight excluding hydrogens is 214 g/mol. The van der Waals surface area contributed by atoms with Gasteiger partial charge in [-0.25, -0.2) is 0 Å². The first-order valence-corrected chi connectivity index (χ1v) is 6.27. The molecule has 96 valence electrons. The summed E-state index contributed by atoms with van der Waals surface area (Å²) in [5, 5.41) is 3.43. The number of nitrogens with zero attached hydrogens (tertiary/aromatic N) is 2. The molecule has 0 spiro atoms. The predicted octanol–water partition coefficient (Wildman–Crippen LogP) is 2.25. The highest BCUT2D eigenvalue weighted by atomic mass is 16.5. The molecule has 1 atom stereocenters. The van der Waals surface area contributed by atoms with Crippen molar-refractivity contribution in [1.82, 2.24) is 15.3 Å². The molecule has 0 radical (unpaired) electrons. The van der Waals surface area contributed by atoms with Crippen molar-refractivity contribution in [3.63, 3.8) is 0 Å². The Labute approximate surface area is 104 Å². The summed E-state index contributed by atoms with van der Waals surface area (Å²) in [5.41, 5.74) is 1.89. The van der Waals surface area contributed by atoms with Crippen molar-refractivity contribution >= 4 is 0 Å². The number of aromatic nitrogens is 2. The molecule has 1 N–H and O–H groups in total. The smallest absolute Gasteiger partial charge is 0.0779 e. The Morgan fingerprint density at radius 1 is 1.29 bits per heavy atom. The zero-order valence-corrected chi connectivity index (χ0v) is 11.2. The average molecular weight is 237 g/mol. The van der Waals surface area contributed by atoms with Gasteiger partial charge in [-0.3, -0.25) is 9.97 Å². The summed E-state index contributed by atoms with van der Waals surface area (Å²) in [5.74, 6) is 0. The fourth-order valence-corrected chi connectivity index (χ4v) is 1.44. The summed E-state index contributed by atoms with van der Waals surface area (Å²) in [7, 11) is 0. The lowest BCUT2D eigenvalue weighted by Crippen LogP contribution is -2.28. The quantitative estimate of drug-likeness (QED) is 0.790. The van der Waals surface area contributed by atoms with Crippen molar-refractivity contribution in [3.8, 4) is 0 Å². The lowest BCUT2D eigenvalue weighted by atomic mass is 10.2. The Kier molecular flexibility index (Phi) is 6.08. The number of aryl methyl sites for hydroxylation is 1. The largest absolute Gasteiger partial charge is 0.377 e. The van der Waals surface area contributed by atoms with Gasteiger partial charge in [0, 0.05) is 6.20 Å². The monoisotopic (exact) mass is 237 g/mol. The molecular formula is C13H23N3O. The van der Waals surface area contributed by atoms with E-state index in [1.54, 1.807) is 6.20 Å². The molecule has 0 fully saturated rings. The van der Waals surface area contributed by atoms with Crippen LogP contribution < -0.4 is 5.32 Å². The molecule has 0 saturated heterocycles. The van der Waals surface area contributed by atoms with Crippen molar-refractivity contribution in [2.45, 2.75) is 46.3 Å². The van der Waals surface area contributed by atoms with Crippen LogP contribution in [0, 0.1) is 6.92 Å². The molecule has 17 heavy (non-hydrogen) atoms. The second-order valence-electron chi connectivity index (χ2n) is 4.47. The van der Waals surface area contributed by atoms with Gasteiger partial charge in [0.1, 0.15) is 0 Å². The maximum Gasteiger partial charge on any atom is 0.0779 e. The van der Waals surface area contributed by atoms with E-state index in [1.807, 2.05) is 27.0 Å². The second kappa shape index (κ2) is 7.35. The number of rotatable bonds is 7. The molecule has 1 aromatic heterocycles. The molecule has 0 amide bonds. The molecule has 0 saturated carbocycles. The Morgan fingerprint density at radius 2 is 2.06 bits per heavy atom. The first-order chi connectivity index (χ1) is 8.13. The van der Waals surface area contributed by atoms with E-state index in [0.29, 0.717) is 6.61 Å². The minimum Gasteiger partial charge on any atom is -0.377 e. The van der Waals surface area contributed by atoms with Crippen LogP contribution in [0.25, 0.3) is 0 Å². The minimum atomic E-state index is 0.130. The standard InChI is InChI=1S/C13H23N3O/c1-5-6-14-13(9-17-10(2)3)12-8-15-11(4)7-16-12/h7-8,10,13-14H,5-6,9H2,1-4H3. The SMILES string of the molecule is CCCNC(COC(C)C)c1cnc(C)cn1. The van der Waals surface area contributed by atoms with Gasteiger partial charge in [0.25, 0.3) is 0 Å². The van der Waals surface area contributed by atoms with E-state index in [9.17, 15) is 0 Å². The summed E-state index contributed by atoms with van der Waals surface area (Å²) in [6, 6.07) is 0.130. The highest BCUT2D eigenvalue weighted by Gasteiger charge is 2.13. The number of hydrogen-bond acceptors (Lipinski definition) is 4. The molecule has 1 heterocycles. The zero-order valence-electron chi connectivity index (χ0n) is 11.2. The van der Waals surface area contributed by atoms with Gasteiger partial charge in [-0.05, 0) is 33.7 Å². The van der Waals surface area contributed by atoms with Crippen LogP contribution in [0.1, 0.15) is 44.6 Å². The third-order valence-electron chi connectivity index (χ3n) is 2.39. The van der Waals surface area contributed by atoms with Crippen molar-refractivity contribution in [2.75, 3.05) is 13.2 Å². The molecule has 0 aliphatic heterocycles. The molecule has 4 nitrogen and oxygen atoms in total. The van der Waals surface area contributed by atoms with Gasteiger partial charge < -0.3 is 10.1 Å². The van der Waals surface area contributed by atoms with E-state index in [4.69, 9.17) is 4.74 Å². The Balaban J connectivity index is 2.63. The van der Waals surface area contributed by atoms with Crippen molar-refractivity contribution in [1.29, 1.82) is 0 Å². The summed E-state index contributed by atoms with van der Waals surface area (Å²) in [6.45, 7) is 9.76. The van der Waals surface area contributed by atoms with Gasteiger partial charge in [-0.1, -0.05) is 6.92 Å². The third-order valence-corrected chi connectivity index (χ3v) is 2.39. The normalized spacial score (nSPS) is 13.0. The maximum atomic E-state index is 5.66. The van der Waals surface area contributed by atoms with Crippen LogP contribution >= 0.6 is 0 Å². The van der Waals surface area contributed by atoms with Gasteiger partial charge >= 0.3 is 0 Å². The topological polar surface area (TPSA) is 47.0 Å². The number of ether oxygens (including phenoxy) is 1. The highest BCUT2D eigenvalue weighted by Crippen LogP contribution is 2.10. The van der Waals surface area contributed by atoms with Crippen LogP contribution in [-0.2, 0) is 4.74 Å². The molecule has 0 aliphatic rings. The summed E-state index contributed by atoms with van der Waals surface area (Å²) in [4.78, 5) is 8.68. The fraction of sp³-hybridized carbons (Fsp3) is 0.692. The van der Waals surface area contributed by atoms with Crippen LogP contribution in [0.2, 0.25) is 0 Å². The van der Waals surface area contributed by atoms with Gasteiger partial charge in [-0.15, -0.1) is 0 Å². The van der Waals surface area contributed by atoms with E-state index >= 15 is 0 Å². The van der Waals surface area contributed by atoms with Crippen molar-refractivity contribution in [2.24, 2.45) is 0 Å². The highest BCUT2D eigenvalue weighted by molar-refractivity contribution is 5.05. The van der Waals surface area contributed by atoms with Gasteiger partial charge in [0.2, 0.25) is 0 Å². The first kappa shape index (κ1) is 14.1. The maximum absolute atomic E-state index is 5.66. The summed E-state index contributed by atoms with van der Waals surface area (Å²) in [6.07, 6.45) is 4.95. The molecule has 0 aromatic carbocycles. The molecule has 4 heteroatoms. The third kappa shape index (κ3) is 5.24. The second-order valence-corrected chi connectivity index (χ2v) is 4.47. The summed E-state index contributed by atoms with van der Waals surface area (Å²) >= 11 is 0. The Bertz CT molecular complexity index is 311. The van der Waals surface area contributed by atoms with Crippen LogP contribution in [0.3, 0.4) is 0 Å². The lowest BCUT2D eigenvalue weighted by Gasteiger charge is -2.19. The molecule has 1 rings (SSSR count). The zero-order chi connectivity index (χ0) is 12.7. The first-order valence-electron chi connectivity index (χ1n) is 6.27. The van der Waals surface area contributed by atoms with Crippen LogP contribution in [-0.4, -0.2) is 29.2 Å².